The number of hydrogen-bond donors (Lipinski definition) is 2. The van der Waals surface area contributed by atoms with E-state index >= 15 is 0 Å². The number of carbonyl (C=O) groups is 3. The van der Waals surface area contributed by atoms with Gasteiger partial charge in [-0.05, 0) is 17.7 Å². The molecular formula is C18H18N4O5S. The Morgan fingerprint density at radius 3 is 3.00 bits per heavy atom. The Balaban J connectivity index is 1.30. The van der Waals surface area contributed by atoms with Crippen LogP contribution in [-0.4, -0.2) is 47.1 Å². The molecule has 4 rings (SSSR count). The number of aromatic nitrogens is 1. The van der Waals surface area contributed by atoms with Crippen molar-refractivity contribution in [2.75, 3.05) is 13.3 Å². The number of nitrogens with zero attached hydrogens (tertiary/aromatic N) is 2. The summed E-state index contributed by atoms with van der Waals surface area (Å²) in [5.74, 6) is 0.506. The predicted octanol–water partition coefficient (Wildman–Crippen LogP) is 1.04. The van der Waals surface area contributed by atoms with E-state index in [-0.39, 0.29) is 25.7 Å². The highest BCUT2D eigenvalue weighted by atomic mass is 32.1. The average Bonchev–Trinajstić information content (AvgIpc) is 3.40. The first-order valence-electron chi connectivity index (χ1n) is 8.75. The molecule has 2 aromatic rings. The summed E-state index contributed by atoms with van der Waals surface area (Å²) in [6.45, 7) is 0.688. The number of amides is 4. The molecule has 2 aliphatic rings. The lowest BCUT2D eigenvalue weighted by molar-refractivity contribution is -0.131. The molecule has 0 saturated carbocycles. The van der Waals surface area contributed by atoms with Crippen molar-refractivity contribution in [1.82, 2.24) is 20.5 Å². The first-order chi connectivity index (χ1) is 13.6. The Hall–Kier alpha value is -3.14. The molecule has 4 amide bonds. The van der Waals surface area contributed by atoms with Gasteiger partial charge in [-0.3, -0.25) is 14.5 Å². The van der Waals surface area contributed by atoms with Gasteiger partial charge in [0, 0.05) is 24.5 Å². The molecule has 9 nitrogen and oxygen atoms in total. The van der Waals surface area contributed by atoms with Gasteiger partial charge in [0.05, 0.1) is 18.0 Å². The first kappa shape index (κ1) is 18.2. The number of nitrogens with one attached hydrogen (secondary N) is 2. The minimum Gasteiger partial charge on any atom is -0.454 e. The topological polar surface area (TPSA) is 110 Å². The second-order valence-corrected chi connectivity index (χ2v) is 7.32. The van der Waals surface area contributed by atoms with E-state index in [4.69, 9.17) is 9.47 Å². The van der Waals surface area contributed by atoms with E-state index in [1.807, 2.05) is 5.38 Å². The van der Waals surface area contributed by atoms with Crippen molar-refractivity contribution in [2.45, 2.75) is 25.4 Å². The van der Waals surface area contributed by atoms with Crippen molar-refractivity contribution in [2.24, 2.45) is 0 Å². The highest BCUT2D eigenvalue weighted by Crippen LogP contribution is 2.33. The van der Waals surface area contributed by atoms with Crippen molar-refractivity contribution in [3.63, 3.8) is 0 Å². The highest BCUT2D eigenvalue weighted by molar-refractivity contribution is 7.09. The van der Waals surface area contributed by atoms with Gasteiger partial charge < -0.3 is 20.1 Å². The molecule has 10 heteroatoms. The number of urea groups is 1. The van der Waals surface area contributed by atoms with Crippen LogP contribution in [-0.2, 0) is 22.6 Å². The molecule has 2 aliphatic heterocycles. The van der Waals surface area contributed by atoms with Crippen molar-refractivity contribution >= 4 is 29.2 Å². The van der Waals surface area contributed by atoms with Gasteiger partial charge in [-0.15, -0.1) is 11.3 Å². The Labute approximate surface area is 164 Å². The third kappa shape index (κ3) is 3.91. The van der Waals surface area contributed by atoms with Crippen LogP contribution >= 0.6 is 11.3 Å². The van der Waals surface area contributed by atoms with Crippen LogP contribution in [0.15, 0.2) is 29.8 Å². The molecule has 0 radical (unpaired) electrons. The summed E-state index contributed by atoms with van der Waals surface area (Å²) < 4.78 is 10.6. The maximum absolute atomic E-state index is 12.5. The quantitative estimate of drug-likeness (QED) is 0.670. The molecule has 0 aliphatic carbocycles. The summed E-state index contributed by atoms with van der Waals surface area (Å²) >= 11 is 1.52. The molecule has 1 aromatic carbocycles. The Kier molecular flexibility index (Phi) is 5.11. The van der Waals surface area contributed by atoms with Crippen molar-refractivity contribution in [3.8, 4) is 11.5 Å². The number of hydrogen-bond acceptors (Lipinski definition) is 7. The molecule has 1 atom stereocenters. The zero-order valence-electron chi connectivity index (χ0n) is 14.8. The van der Waals surface area contributed by atoms with Gasteiger partial charge in [0.2, 0.25) is 12.7 Å². The van der Waals surface area contributed by atoms with Gasteiger partial charge in [0.1, 0.15) is 6.04 Å². The van der Waals surface area contributed by atoms with Gasteiger partial charge in [0.15, 0.2) is 11.5 Å². The molecule has 3 heterocycles. The highest BCUT2D eigenvalue weighted by Gasteiger charge is 2.39. The number of rotatable bonds is 7. The van der Waals surface area contributed by atoms with E-state index in [9.17, 15) is 14.4 Å². The van der Waals surface area contributed by atoms with Crippen molar-refractivity contribution < 1.29 is 23.9 Å². The molecule has 1 aromatic heterocycles. The number of carbonyl (C=O) groups excluding carboxylic acids is 3. The van der Waals surface area contributed by atoms with E-state index in [0.717, 1.165) is 15.5 Å². The van der Waals surface area contributed by atoms with Crippen LogP contribution in [0.4, 0.5) is 4.79 Å². The number of imide groups is 1. The fraction of sp³-hybridized carbons (Fsp3) is 0.333. The lowest BCUT2D eigenvalue weighted by atomic mass is 10.1. The van der Waals surface area contributed by atoms with Gasteiger partial charge in [-0.25, -0.2) is 9.78 Å². The smallest absolute Gasteiger partial charge is 0.325 e. The Bertz CT molecular complexity index is 901. The lowest BCUT2D eigenvalue weighted by Gasteiger charge is -2.13. The monoisotopic (exact) mass is 402 g/mol. The second kappa shape index (κ2) is 7.85. The van der Waals surface area contributed by atoms with Gasteiger partial charge in [-0.1, -0.05) is 6.07 Å². The molecular weight excluding hydrogens is 384 g/mol. The molecule has 28 heavy (non-hydrogen) atoms. The summed E-state index contributed by atoms with van der Waals surface area (Å²) in [4.78, 5) is 42.1. The normalized spacial score (nSPS) is 17.7. The average molecular weight is 402 g/mol. The zero-order chi connectivity index (χ0) is 19.5. The van der Waals surface area contributed by atoms with E-state index < -0.39 is 18.0 Å². The molecule has 0 bridgehead atoms. The summed E-state index contributed by atoms with van der Waals surface area (Å²) in [5, 5.41) is 8.13. The van der Waals surface area contributed by atoms with Crippen molar-refractivity contribution in [1.29, 1.82) is 0 Å². The summed E-state index contributed by atoms with van der Waals surface area (Å²) in [6.07, 6.45) is 2.24. The standard InChI is InChI=1S/C18H18N4O5S/c23-15(19-4-3-16-20-5-6-28-16)8-12-17(24)22(18(25)21-12)9-11-1-2-13-14(7-11)27-10-26-13/h1-2,5-7,12H,3-4,8-10H2,(H,19,23)(H,21,25)/t12-/m0/s1. The minimum absolute atomic E-state index is 0.0971. The maximum atomic E-state index is 12.5. The van der Waals surface area contributed by atoms with E-state index in [0.29, 0.717) is 24.5 Å². The Morgan fingerprint density at radius 2 is 2.18 bits per heavy atom. The molecule has 0 unspecified atom stereocenters. The van der Waals surface area contributed by atoms with Gasteiger partial charge in [-0.2, -0.15) is 0 Å². The fourth-order valence-electron chi connectivity index (χ4n) is 3.03. The van der Waals surface area contributed by atoms with E-state index in [2.05, 4.69) is 15.6 Å². The van der Waals surface area contributed by atoms with Gasteiger partial charge in [0.25, 0.3) is 5.91 Å². The van der Waals surface area contributed by atoms with Crippen molar-refractivity contribution in [3.05, 3.63) is 40.3 Å². The van der Waals surface area contributed by atoms with Crippen LogP contribution in [0.25, 0.3) is 0 Å². The largest absolute Gasteiger partial charge is 0.454 e. The number of ether oxygens (including phenoxy) is 2. The third-order valence-electron chi connectivity index (χ3n) is 4.42. The van der Waals surface area contributed by atoms with Gasteiger partial charge >= 0.3 is 6.03 Å². The van der Waals surface area contributed by atoms with E-state index in [1.54, 1.807) is 24.4 Å². The van der Waals surface area contributed by atoms with Crippen LogP contribution in [0.2, 0.25) is 0 Å². The maximum Gasteiger partial charge on any atom is 0.325 e. The summed E-state index contributed by atoms with van der Waals surface area (Å²) in [5.41, 5.74) is 0.737. The van der Waals surface area contributed by atoms with Crippen LogP contribution in [0, 0.1) is 0 Å². The van der Waals surface area contributed by atoms with Crippen LogP contribution in [0.3, 0.4) is 0 Å². The SMILES string of the molecule is O=C(C[C@@H]1NC(=O)N(Cc2ccc3c(c2)OCO3)C1=O)NCCc1nccs1. The number of fused-ring (bicyclic) bond motifs is 1. The summed E-state index contributed by atoms with van der Waals surface area (Å²) in [7, 11) is 0. The first-order valence-corrected chi connectivity index (χ1v) is 9.63. The second-order valence-electron chi connectivity index (χ2n) is 6.34. The minimum atomic E-state index is -0.860. The number of thiazole rings is 1. The predicted molar refractivity (Wildman–Crippen MR) is 98.9 cm³/mol. The van der Waals surface area contributed by atoms with Crippen LogP contribution in [0.1, 0.15) is 17.0 Å². The lowest BCUT2D eigenvalue weighted by Crippen LogP contribution is -2.37. The molecule has 146 valence electrons. The molecule has 1 saturated heterocycles. The molecule has 2 N–H and O–H groups in total. The van der Waals surface area contributed by atoms with Crippen LogP contribution < -0.4 is 20.1 Å². The zero-order valence-corrected chi connectivity index (χ0v) is 15.7. The van der Waals surface area contributed by atoms with Crippen LogP contribution in [0.5, 0.6) is 11.5 Å². The fourth-order valence-corrected chi connectivity index (χ4v) is 3.65. The number of benzene rings is 1. The summed E-state index contributed by atoms with van der Waals surface area (Å²) in [6, 6.07) is 3.88. The Morgan fingerprint density at radius 1 is 1.32 bits per heavy atom. The molecule has 0 spiro atoms. The van der Waals surface area contributed by atoms with E-state index in [1.165, 1.54) is 11.3 Å². The molecule has 1 fully saturated rings. The third-order valence-corrected chi connectivity index (χ3v) is 5.26.